The molecule has 5 heterocycles. The maximum absolute atomic E-state index is 14.5. The zero-order valence-electron chi connectivity index (χ0n) is 26.7. The third kappa shape index (κ3) is 6.92. The topological polar surface area (TPSA) is 140 Å². The van der Waals surface area contributed by atoms with Gasteiger partial charge in [0.1, 0.15) is 17.4 Å². The predicted octanol–water partition coefficient (Wildman–Crippen LogP) is 4.55. The Morgan fingerprint density at radius 2 is 1.86 bits per heavy atom. The second kappa shape index (κ2) is 13.3. The number of ether oxygens (including phenoxy) is 1. The van der Waals surface area contributed by atoms with E-state index in [1.165, 1.54) is 4.90 Å². The molecule has 0 saturated carbocycles. The van der Waals surface area contributed by atoms with E-state index in [0.717, 1.165) is 6.20 Å². The predicted molar refractivity (Wildman–Crippen MR) is 168 cm³/mol. The molecule has 4 aromatic rings. The number of benzene rings is 1. The fourth-order valence-corrected chi connectivity index (χ4v) is 6.41. The Bertz CT molecular complexity index is 1910. The van der Waals surface area contributed by atoms with Crippen molar-refractivity contribution in [1.82, 2.24) is 24.6 Å². The number of anilines is 1. The Kier molecular flexibility index (Phi) is 9.28. The number of aromatic nitrogens is 4. The first kappa shape index (κ1) is 34.2. The van der Waals surface area contributed by atoms with Crippen molar-refractivity contribution in [2.24, 2.45) is 11.7 Å². The van der Waals surface area contributed by atoms with Gasteiger partial charge >= 0.3 is 6.18 Å². The van der Waals surface area contributed by atoms with Crippen molar-refractivity contribution in [3.05, 3.63) is 65.2 Å². The van der Waals surface area contributed by atoms with Crippen LogP contribution in [-0.4, -0.2) is 80.1 Å². The Morgan fingerprint density at radius 3 is 2.51 bits per heavy atom. The van der Waals surface area contributed by atoms with Gasteiger partial charge in [0.15, 0.2) is 18.4 Å². The average molecular weight is 688 g/mol. The number of piperidine rings is 1. The Hall–Kier alpha value is -4.70. The highest BCUT2D eigenvalue weighted by Crippen LogP contribution is 2.41. The SMILES string of the molecule is CC(C)Cc1nc2c(cnn2C2CCN(CC(O)C(F)(F)F)CC2)c(-c2ccc3c(c2)OCC(=O)N3Cc2ncc(F)cc2F)c1C(N)=O. The molecule has 1 saturated heterocycles. The lowest BCUT2D eigenvalue weighted by molar-refractivity contribution is -0.208. The number of carbonyl (C=O) groups is 2. The molecule has 3 aromatic heterocycles. The molecule has 3 N–H and O–H groups in total. The third-order valence-electron chi connectivity index (χ3n) is 8.76. The number of amides is 2. The molecule has 1 fully saturated rings. The van der Waals surface area contributed by atoms with E-state index >= 15 is 0 Å². The van der Waals surface area contributed by atoms with Crippen LogP contribution in [0.3, 0.4) is 0 Å². The highest BCUT2D eigenvalue weighted by molar-refractivity contribution is 6.09. The number of fused-ring (bicyclic) bond motifs is 2. The summed E-state index contributed by atoms with van der Waals surface area (Å²) in [6.45, 7) is 3.40. The molecule has 11 nitrogen and oxygen atoms in total. The van der Waals surface area contributed by atoms with Crippen molar-refractivity contribution in [2.75, 3.05) is 31.1 Å². The Balaban J connectivity index is 1.39. The minimum Gasteiger partial charge on any atom is -0.482 e. The largest absolute Gasteiger partial charge is 0.482 e. The summed E-state index contributed by atoms with van der Waals surface area (Å²) in [7, 11) is 0. The number of nitrogens with zero attached hydrogens (tertiary/aromatic N) is 6. The van der Waals surface area contributed by atoms with Crippen molar-refractivity contribution < 1.29 is 41.4 Å². The Labute approximate surface area is 277 Å². The highest BCUT2D eigenvalue weighted by Gasteiger charge is 2.40. The van der Waals surface area contributed by atoms with Gasteiger partial charge in [0.2, 0.25) is 0 Å². The van der Waals surface area contributed by atoms with Crippen LogP contribution in [0.15, 0.2) is 36.7 Å². The minimum atomic E-state index is -4.70. The maximum Gasteiger partial charge on any atom is 0.415 e. The number of halogens is 5. The van der Waals surface area contributed by atoms with Crippen LogP contribution in [0.4, 0.5) is 27.6 Å². The number of alkyl halides is 3. The monoisotopic (exact) mass is 687 g/mol. The van der Waals surface area contributed by atoms with Crippen LogP contribution in [0.5, 0.6) is 5.75 Å². The summed E-state index contributed by atoms with van der Waals surface area (Å²) < 4.78 is 74.2. The van der Waals surface area contributed by atoms with E-state index in [1.807, 2.05) is 13.8 Å². The number of hydrogen-bond acceptors (Lipinski definition) is 8. The summed E-state index contributed by atoms with van der Waals surface area (Å²) in [5, 5.41) is 14.7. The lowest BCUT2D eigenvalue weighted by Gasteiger charge is -2.33. The van der Waals surface area contributed by atoms with Gasteiger partial charge in [0, 0.05) is 36.7 Å². The molecule has 1 atom stereocenters. The second-order valence-electron chi connectivity index (χ2n) is 12.7. The van der Waals surface area contributed by atoms with E-state index in [0.29, 0.717) is 72.0 Å². The summed E-state index contributed by atoms with van der Waals surface area (Å²) in [5.74, 6) is -2.57. The van der Waals surface area contributed by atoms with Crippen molar-refractivity contribution >= 4 is 28.5 Å². The number of carbonyl (C=O) groups excluding carboxylic acids is 2. The van der Waals surface area contributed by atoms with Crippen molar-refractivity contribution in [2.45, 2.75) is 58.0 Å². The van der Waals surface area contributed by atoms with Gasteiger partial charge in [-0.2, -0.15) is 18.3 Å². The zero-order valence-corrected chi connectivity index (χ0v) is 26.7. The van der Waals surface area contributed by atoms with Gasteiger partial charge in [0.05, 0.1) is 47.6 Å². The van der Waals surface area contributed by atoms with Crippen LogP contribution in [0, 0.1) is 17.6 Å². The number of aliphatic hydroxyl groups is 1. The molecule has 2 aliphatic rings. The van der Waals surface area contributed by atoms with Gasteiger partial charge in [-0.1, -0.05) is 19.9 Å². The van der Waals surface area contributed by atoms with Crippen LogP contribution >= 0.6 is 0 Å². The fraction of sp³-hybridized carbons (Fsp3) is 0.424. The molecular formula is C33H34F5N7O4. The molecule has 0 aliphatic carbocycles. The summed E-state index contributed by atoms with van der Waals surface area (Å²) in [5.41, 5.74) is 8.24. The Morgan fingerprint density at radius 1 is 1.12 bits per heavy atom. The lowest BCUT2D eigenvalue weighted by atomic mass is 9.92. The molecule has 2 aliphatic heterocycles. The van der Waals surface area contributed by atoms with Crippen molar-refractivity contribution in [3.8, 4) is 16.9 Å². The highest BCUT2D eigenvalue weighted by atomic mass is 19.4. The van der Waals surface area contributed by atoms with E-state index in [1.54, 1.807) is 34.0 Å². The maximum atomic E-state index is 14.5. The molecule has 49 heavy (non-hydrogen) atoms. The summed E-state index contributed by atoms with van der Waals surface area (Å²) in [6, 6.07) is 5.39. The van der Waals surface area contributed by atoms with Crippen LogP contribution in [0.25, 0.3) is 22.2 Å². The first-order valence-electron chi connectivity index (χ1n) is 15.8. The summed E-state index contributed by atoms with van der Waals surface area (Å²) in [4.78, 5) is 37.5. The molecule has 0 spiro atoms. The molecule has 1 aromatic carbocycles. The third-order valence-corrected chi connectivity index (χ3v) is 8.76. The number of primary amides is 1. The van der Waals surface area contributed by atoms with Gasteiger partial charge in [-0.15, -0.1) is 0 Å². The molecule has 1 unspecified atom stereocenters. The van der Waals surface area contributed by atoms with Crippen LogP contribution in [0.1, 0.15) is 54.5 Å². The first-order chi connectivity index (χ1) is 23.2. The zero-order chi connectivity index (χ0) is 35.2. The minimum absolute atomic E-state index is 0.0856. The number of hydrogen-bond donors (Lipinski definition) is 2. The number of likely N-dealkylation sites (tertiary alicyclic amines) is 1. The smallest absolute Gasteiger partial charge is 0.415 e. The van der Waals surface area contributed by atoms with Crippen molar-refractivity contribution in [3.63, 3.8) is 0 Å². The van der Waals surface area contributed by atoms with Gasteiger partial charge in [-0.3, -0.25) is 19.5 Å². The number of pyridine rings is 2. The quantitative estimate of drug-likeness (QED) is 0.245. The summed E-state index contributed by atoms with van der Waals surface area (Å²) in [6.07, 6.45) is -3.39. The van der Waals surface area contributed by atoms with E-state index < -0.39 is 42.3 Å². The molecule has 16 heteroatoms. The molecule has 0 radical (unpaired) electrons. The lowest BCUT2D eigenvalue weighted by Crippen LogP contribution is -2.44. The molecule has 0 bridgehead atoms. The van der Waals surface area contributed by atoms with Crippen LogP contribution < -0.4 is 15.4 Å². The van der Waals surface area contributed by atoms with E-state index in [-0.39, 0.29) is 42.1 Å². The normalized spacial score (nSPS) is 16.7. The van der Waals surface area contributed by atoms with Crippen LogP contribution in [-0.2, 0) is 17.8 Å². The number of rotatable bonds is 9. The van der Waals surface area contributed by atoms with E-state index in [9.17, 15) is 36.6 Å². The van der Waals surface area contributed by atoms with Gasteiger partial charge in [-0.05, 0) is 42.9 Å². The van der Waals surface area contributed by atoms with Crippen LogP contribution in [0.2, 0.25) is 0 Å². The summed E-state index contributed by atoms with van der Waals surface area (Å²) >= 11 is 0. The molecular weight excluding hydrogens is 653 g/mol. The second-order valence-corrected chi connectivity index (χ2v) is 12.7. The molecule has 260 valence electrons. The van der Waals surface area contributed by atoms with Gasteiger partial charge < -0.3 is 20.5 Å². The van der Waals surface area contributed by atoms with E-state index in [2.05, 4.69) is 10.1 Å². The fourth-order valence-electron chi connectivity index (χ4n) is 6.41. The number of nitrogens with two attached hydrogens (primary N) is 1. The van der Waals surface area contributed by atoms with Gasteiger partial charge in [-0.25, -0.2) is 18.4 Å². The molecule has 2 amide bonds. The first-order valence-corrected chi connectivity index (χ1v) is 15.8. The van der Waals surface area contributed by atoms with E-state index in [4.69, 9.17) is 15.5 Å². The number of aliphatic hydroxyl groups excluding tert-OH is 1. The average Bonchev–Trinajstić information content (AvgIpc) is 3.45. The molecule has 6 rings (SSSR count). The van der Waals surface area contributed by atoms with Crippen molar-refractivity contribution in [1.29, 1.82) is 0 Å². The standard InChI is InChI=1S/C33H34F5N7O4/c1-17(2)9-23-30(31(39)48)29(21-13-41-45(32(21)42-23)20-5-7-43(8-6-20)15-27(46)33(36,37)38)18-3-4-25-26(10-18)49-16-28(47)44(25)14-24-22(35)11-19(34)12-40-24/h3-4,10-13,17,20,27,46H,5-9,14-16H2,1-2H3,(H2,39,48). The van der Waals surface area contributed by atoms with Gasteiger partial charge in [0.25, 0.3) is 11.8 Å². The number of β-amino-alcohol motifs (C(OH)–C–C–N with tert-alkyl or cyclic N) is 1.